The van der Waals surface area contributed by atoms with Crippen molar-refractivity contribution in [1.82, 2.24) is 14.9 Å². The van der Waals surface area contributed by atoms with Crippen LogP contribution in [0.4, 0.5) is 0 Å². The fourth-order valence-corrected chi connectivity index (χ4v) is 4.21. The van der Waals surface area contributed by atoms with Crippen LogP contribution < -0.4 is 5.32 Å². The minimum atomic E-state index is -0.0738. The number of hydrogen-bond acceptors (Lipinski definition) is 3. The number of amides is 1. The third-order valence-electron chi connectivity index (χ3n) is 4.69. The van der Waals surface area contributed by atoms with Gasteiger partial charge in [-0.2, -0.15) is 0 Å². The second-order valence-electron chi connectivity index (χ2n) is 6.65. The lowest BCUT2D eigenvalue weighted by atomic mass is 10.1. The lowest BCUT2D eigenvalue weighted by Gasteiger charge is -2.12. The average Bonchev–Trinajstić information content (AvgIpc) is 3.19. The zero-order valence-electron chi connectivity index (χ0n) is 15.4. The van der Waals surface area contributed by atoms with Gasteiger partial charge in [0.25, 0.3) is 5.91 Å². The standard InChI is InChI=1S/C22H21N3OS/c1-15-7-3-4-8-17(15)14-25-19-11-16(2)27-21(19)12-20(25)22(26)24-13-18-9-5-6-10-23-18/h3-12H,13-14H2,1-2H3,(H,24,26). The van der Waals surface area contributed by atoms with E-state index in [-0.39, 0.29) is 5.91 Å². The number of thiophene rings is 1. The first kappa shape index (κ1) is 17.5. The van der Waals surface area contributed by atoms with Gasteiger partial charge in [-0.25, -0.2) is 0 Å². The Balaban J connectivity index is 1.66. The van der Waals surface area contributed by atoms with E-state index < -0.39 is 0 Å². The van der Waals surface area contributed by atoms with Crippen LogP contribution in [0.25, 0.3) is 10.2 Å². The van der Waals surface area contributed by atoms with Gasteiger partial charge in [-0.05, 0) is 49.2 Å². The second-order valence-corrected chi connectivity index (χ2v) is 7.94. The van der Waals surface area contributed by atoms with Gasteiger partial charge >= 0.3 is 0 Å². The van der Waals surface area contributed by atoms with E-state index in [9.17, 15) is 4.79 Å². The maximum absolute atomic E-state index is 12.9. The van der Waals surface area contributed by atoms with Gasteiger partial charge in [0.2, 0.25) is 0 Å². The topological polar surface area (TPSA) is 46.9 Å². The molecule has 0 bridgehead atoms. The van der Waals surface area contributed by atoms with E-state index in [1.165, 1.54) is 16.0 Å². The van der Waals surface area contributed by atoms with Gasteiger partial charge in [0.15, 0.2) is 0 Å². The molecule has 0 aliphatic rings. The summed E-state index contributed by atoms with van der Waals surface area (Å²) < 4.78 is 3.26. The van der Waals surface area contributed by atoms with Gasteiger partial charge in [0, 0.05) is 17.6 Å². The molecule has 136 valence electrons. The van der Waals surface area contributed by atoms with Crippen molar-refractivity contribution in [3.8, 4) is 0 Å². The van der Waals surface area contributed by atoms with E-state index in [0.717, 1.165) is 15.9 Å². The van der Waals surface area contributed by atoms with E-state index in [2.05, 4.69) is 46.9 Å². The summed E-state index contributed by atoms with van der Waals surface area (Å²) in [6.07, 6.45) is 1.74. The van der Waals surface area contributed by atoms with Crippen LogP contribution >= 0.6 is 11.3 Å². The molecular formula is C22H21N3OS. The normalized spacial score (nSPS) is 11.0. The van der Waals surface area contributed by atoms with Crippen molar-refractivity contribution in [3.63, 3.8) is 0 Å². The first-order chi connectivity index (χ1) is 13.1. The average molecular weight is 375 g/mol. The molecule has 27 heavy (non-hydrogen) atoms. The molecule has 1 aromatic carbocycles. The Morgan fingerprint density at radius 2 is 1.93 bits per heavy atom. The number of rotatable bonds is 5. The molecule has 4 nitrogen and oxygen atoms in total. The molecule has 0 aliphatic heterocycles. The zero-order valence-corrected chi connectivity index (χ0v) is 16.2. The van der Waals surface area contributed by atoms with Gasteiger partial charge in [-0.1, -0.05) is 30.3 Å². The van der Waals surface area contributed by atoms with Crippen molar-refractivity contribution in [2.75, 3.05) is 0 Å². The molecule has 0 fully saturated rings. The van der Waals surface area contributed by atoms with Crippen molar-refractivity contribution in [2.45, 2.75) is 26.9 Å². The molecular weight excluding hydrogens is 354 g/mol. The smallest absolute Gasteiger partial charge is 0.268 e. The predicted octanol–water partition coefficient (Wildman–Crippen LogP) is 4.69. The lowest BCUT2D eigenvalue weighted by molar-refractivity contribution is 0.0942. The van der Waals surface area contributed by atoms with Gasteiger partial charge in [0.05, 0.1) is 22.5 Å². The Hall–Kier alpha value is -2.92. The Morgan fingerprint density at radius 3 is 2.70 bits per heavy atom. The van der Waals surface area contributed by atoms with Crippen molar-refractivity contribution >= 4 is 27.5 Å². The van der Waals surface area contributed by atoms with Crippen LogP contribution in [0.5, 0.6) is 0 Å². The number of fused-ring (bicyclic) bond motifs is 1. The van der Waals surface area contributed by atoms with Crippen LogP contribution in [0.1, 0.15) is 32.2 Å². The molecule has 5 heteroatoms. The molecule has 3 heterocycles. The Kier molecular flexibility index (Phi) is 4.77. The first-order valence-corrected chi connectivity index (χ1v) is 9.76. The molecule has 0 aliphatic carbocycles. The molecule has 3 aromatic heterocycles. The lowest BCUT2D eigenvalue weighted by Crippen LogP contribution is -2.26. The van der Waals surface area contributed by atoms with E-state index in [1.807, 2.05) is 36.4 Å². The van der Waals surface area contributed by atoms with E-state index in [0.29, 0.717) is 18.8 Å². The van der Waals surface area contributed by atoms with Gasteiger partial charge < -0.3 is 9.88 Å². The number of benzene rings is 1. The van der Waals surface area contributed by atoms with Gasteiger partial charge in [-0.15, -0.1) is 11.3 Å². The minimum absolute atomic E-state index is 0.0738. The summed E-state index contributed by atoms with van der Waals surface area (Å²) in [6.45, 7) is 5.31. The highest BCUT2D eigenvalue weighted by molar-refractivity contribution is 7.19. The van der Waals surface area contributed by atoms with E-state index in [4.69, 9.17) is 0 Å². The SMILES string of the molecule is Cc1cc2c(cc(C(=O)NCc3ccccn3)n2Cc2ccccc2C)s1. The summed E-state index contributed by atoms with van der Waals surface area (Å²) in [5.41, 5.74) is 5.10. The molecule has 0 spiro atoms. The van der Waals surface area contributed by atoms with Gasteiger partial charge in [-0.3, -0.25) is 9.78 Å². The highest BCUT2D eigenvalue weighted by atomic mass is 32.1. The third kappa shape index (κ3) is 3.64. The summed E-state index contributed by atoms with van der Waals surface area (Å²) in [7, 11) is 0. The molecule has 0 radical (unpaired) electrons. The predicted molar refractivity (Wildman–Crippen MR) is 110 cm³/mol. The van der Waals surface area contributed by atoms with Crippen LogP contribution in [0.2, 0.25) is 0 Å². The summed E-state index contributed by atoms with van der Waals surface area (Å²) in [5.74, 6) is -0.0738. The van der Waals surface area contributed by atoms with E-state index >= 15 is 0 Å². The van der Waals surface area contributed by atoms with Crippen LogP contribution in [0.3, 0.4) is 0 Å². The Bertz CT molecular complexity index is 1100. The molecule has 4 aromatic rings. The maximum atomic E-state index is 12.9. The van der Waals surface area contributed by atoms with Crippen LogP contribution in [-0.4, -0.2) is 15.5 Å². The fraction of sp³-hybridized carbons (Fsp3) is 0.182. The van der Waals surface area contributed by atoms with Crippen molar-refractivity contribution in [2.24, 2.45) is 0 Å². The number of hydrogen-bond donors (Lipinski definition) is 1. The molecule has 1 N–H and O–H groups in total. The molecule has 0 saturated carbocycles. The number of pyridine rings is 1. The molecule has 0 saturated heterocycles. The number of carbonyl (C=O) groups is 1. The number of carbonyl (C=O) groups excluding carboxylic acids is 1. The summed E-state index contributed by atoms with van der Waals surface area (Å²) in [4.78, 5) is 18.4. The van der Waals surface area contributed by atoms with Crippen molar-refractivity contribution in [1.29, 1.82) is 0 Å². The fourth-order valence-electron chi connectivity index (χ4n) is 3.25. The first-order valence-electron chi connectivity index (χ1n) is 8.94. The number of aromatic nitrogens is 2. The third-order valence-corrected chi connectivity index (χ3v) is 5.68. The highest BCUT2D eigenvalue weighted by Gasteiger charge is 2.18. The second kappa shape index (κ2) is 7.37. The van der Waals surface area contributed by atoms with Crippen LogP contribution in [-0.2, 0) is 13.1 Å². The number of nitrogens with one attached hydrogen (secondary N) is 1. The number of aryl methyl sites for hydroxylation is 2. The monoisotopic (exact) mass is 375 g/mol. The maximum Gasteiger partial charge on any atom is 0.268 e. The zero-order chi connectivity index (χ0) is 18.8. The summed E-state index contributed by atoms with van der Waals surface area (Å²) in [5, 5.41) is 3.00. The van der Waals surface area contributed by atoms with E-state index in [1.54, 1.807) is 17.5 Å². The van der Waals surface area contributed by atoms with Crippen LogP contribution in [0, 0.1) is 13.8 Å². The van der Waals surface area contributed by atoms with Crippen LogP contribution in [0.15, 0.2) is 60.8 Å². The molecule has 0 atom stereocenters. The minimum Gasteiger partial charge on any atom is -0.345 e. The summed E-state index contributed by atoms with van der Waals surface area (Å²) >= 11 is 1.72. The Labute approximate surface area is 162 Å². The quantitative estimate of drug-likeness (QED) is 0.550. The van der Waals surface area contributed by atoms with Crippen molar-refractivity contribution in [3.05, 3.63) is 88.2 Å². The van der Waals surface area contributed by atoms with Crippen molar-refractivity contribution < 1.29 is 4.79 Å². The highest BCUT2D eigenvalue weighted by Crippen LogP contribution is 2.29. The Morgan fingerprint density at radius 1 is 1.11 bits per heavy atom. The molecule has 0 unspecified atom stereocenters. The molecule has 1 amide bonds. The largest absolute Gasteiger partial charge is 0.345 e. The molecule has 4 rings (SSSR count). The van der Waals surface area contributed by atoms with Gasteiger partial charge in [0.1, 0.15) is 5.69 Å². The summed E-state index contributed by atoms with van der Waals surface area (Å²) in [6, 6.07) is 18.2. The number of nitrogens with zero attached hydrogens (tertiary/aromatic N) is 2.